The Morgan fingerprint density at radius 2 is 0.923 bits per heavy atom. The van der Waals surface area contributed by atoms with Gasteiger partial charge in [0, 0.05) is 5.22 Å². The molecule has 10 nitrogen and oxygen atoms in total. The zero-order chi connectivity index (χ0) is 18.9. The Bertz CT molecular complexity index is 1790. The molecular weight excluding hydrogens is 348 g/mol. The number of benzene rings is 1. The largest absolute Gasteiger partial charge is 0.287 e. The molecule has 0 N–H and O–H groups in total. The SMILES string of the molecule is O=c1ccc2c(=O)c3nc4c(=O)c(=O)c(=O)c(=O)c4nc3c(=O)c=2c1=O. The van der Waals surface area contributed by atoms with Crippen LogP contribution >= 0.6 is 0 Å². The average molecular weight is 350 g/mol. The van der Waals surface area contributed by atoms with Gasteiger partial charge in [0.05, 0.1) is 5.22 Å². The molecule has 10 heteroatoms. The fourth-order valence-corrected chi connectivity index (χ4v) is 2.71. The monoisotopic (exact) mass is 350 g/mol. The number of rotatable bonds is 0. The molecule has 0 spiro atoms. The topological polar surface area (TPSA) is 162 Å². The number of aromatic nitrogens is 2. The standard InChI is InChI=1S/C16H2N2O8/c19-4-2-1-3-5(11(4)21)12(22)7-6(10(3)20)17-8-9(18-7)14(24)16(26)15(25)13(8)23/h1-2H. The predicted molar refractivity (Wildman–Crippen MR) is 87.2 cm³/mol. The van der Waals surface area contributed by atoms with Gasteiger partial charge in [0.1, 0.15) is 22.1 Å². The van der Waals surface area contributed by atoms with Crippen molar-refractivity contribution in [2.75, 3.05) is 0 Å². The summed E-state index contributed by atoms with van der Waals surface area (Å²) in [6, 6.07) is 1.77. The van der Waals surface area contributed by atoms with Crippen molar-refractivity contribution in [3.05, 3.63) is 104 Å². The zero-order valence-corrected chi connectivity index (χ0v) is 12.3. The first-order chi connectivity index (χ1) is 12.2. The molecular formula is C16H2N2O8. The van der Waals surface area contributed by atoms with E-state index in [9.17, 15) is 38.4 Å². The molecule has 2 aromatic rings. The van der Waals surface area contributed by atoms with Crippen LogP contribution in [0.5, 0.6) is 0 Å². The summed E-state index contributed by atoms with van der Waals surface area (Å²) in [7, 11) is 0. The number of hydrogen-bond acceptors (Lipinski definition) is 10. The van der Waals surface area contributed by atoms with Crippen molar-refractivity contribution in [3.63, 3.8) is 0 Å². The lowest BCUT2D eigenvalue weighted by molar-refractivity contribution is 1.24. The van der Waals surface area contributed by atoms with Crippen LogP contribution in [0.1, 0.15) is 0 Å². The van der Waals surface area contributed by atoms with Crippen LogP contribution in [0.15, 0.2) is 50.5 Å². The highest BCUT2D eigenvalue weighted by Gasteiger charge is 2.20. The van der Waals surface area contributed by atoms with E-state index in [4.69, 9.17) is 0 Å². The summed E-state index contributed by atoms with van der Waals surface area (Å²) in [5.41, 5.74) is -13.6. The van der Waals surface area contributed by atoms with Gasteiger partial charge < -0.3 is 0 Å². The molecule has 124 valence electrons. The van der Waals surface area contributed by atoms with Crippen LogP contribution in [0, 0.1) is 10.4 Å². The Morgan fingerprint density at radius 1 is 0.462 bits per heavy atom. The smallest absolute Gasteiger partial charge is 0.279 e. The molecule has 2 aliphatic rings. The van der Waals surface area contributed by atoms with Crippen molar-refractivity contribution < 1.29 is 0 Å². The van der Waals surface area contributed by atoms with Gasteiger partial charge in [-0.05, 0) is 12.1 Å². The second kappa shape index (κ2) is 4.72. The van der Waals surface area contributed by atoms with E-state index in [-0.39, 0.29) is 0 Å². The lowest BCUT2D eigenvalue weighted by Crippen LogP contribution is -2.47. The molecule has 1 heterocycles. The Balaban J connectivity index is 2.54. The summed E-state index contributed by atoms with van der Waals surface area (Å²) < 4.78 is 0. The van der Waals surface area contributed by atoms with Gasteiger partial charge in [-0.3, -0.25) is 38.4 Å². The van der Waals surface area contributed by atoms with Gasteiger partial charge in [0.2, 0.25) is 21.7 Å². The highest BCUT2D eigenvalue weighted by Crippen LogP contribution is 2.04. The Morgan fingerprint density at radius 3 is 1.46 bits per heavy atom. The normalized spacial score (nSPS) is 11.5. The fourth-order valence-electron chi connectivity index (χ4n) is 2.71. The van der Waals surface area contributed by atoms with Crippen LogP contribution in [-0.2, 0) is 0 Å². The van der Waals surface area contributed by atoms with Gasteiger partial charge in [0.25, 0.3) is 21.7 Å². The van der Waals surface area contributed by atoms with E-state index in [0.717, 1.165) is 12.1 Å². The number of fused-ring (bicyclic) bond motifs is 2. The fraction of sp³-hybridized carbons (Fsp3) is 0. The third-order valence-corrected chi connectivity index (χ3v) is 3.97. The summed E-state index contributed by atoms with van der Waals surface area (Å²) in [5, 5.41) is -1.13. The first-order valence-electron chi connectivity index (χ1n) is 6.94. The maximum atomic E-state index is 12.5. The average Bonchev–Trinajstić information content (AvgIpc) is 2.63. The molecule has 1 aromatic heterocycles. The minimum atomic E-state index is -1.64. The van der Waals surface area contributed by atoms with Crippen molar-refractivity contribution in [3.8, 4) is 0 Å². The maximum absolute atomic E-state index is 12.5. The molecule has 4 rings (SSSR count). The summed E-state index contributed by atoms with van der Waals surface area (Å²) in [4.78, 5) is 102. The third-order valence-electron chi connectivity index (χ3n) is 3.97. The molecule has 0 bridgehead atoms. The van der Waals surface area contributed by atoms with E-state index in [0.29, 0.717) is 0 Å². The molecule has 0 atom stereocenters. The molecule has 0 fully saturated rings. The van der Waals surface area contributed by atoms with Crippen LogP contribution in [0.4, 0.5) is 0 Å². The number of hydrogen-bond donors (Lipinski definition) is 0. The summed E-state index contributed by atoms with van der Waals surface area (Å²) >= 11 is 0. The summed E-state index contributed by atoms with van der Waals surface area (Å²) in [5.74, 6) is 0. The lowest BCUT2D eigenvalue weighted by Gasteiger charge is -1.98. The second-order valence-electron chi connectivity index (χ2n) is 5.41. The second-order valence-corrected chi connectivity index (χ2v) is 5.41. The van der Waals surface area contributed by atoms with Crippen molar-refractivity contribution in [2.24, 2.45) is 0 Å². The minimum absolute atomic E-state index is 0.404. The third kappa shape index (κ3) is 1.69. The Hall–Kier alpha value is -4.08. The van der Waals surface area contributed by atoms with Crippen molar-refractivity contribution >= 4 is 22.1 Å². The van der Waals surface area contributed by atoms with Gasteiger partial charge in [0.15, 0.2) is 0 Å². The van der Waals surface area contributed by atoms with Crippen molar-refractivity contribution in [1.29, 1.82) is 0 Å². The van der Waals surface area contributed by atoms with Crippen LogP contribution in [-0.4, -0.2) is 9.97 Å². The molecule has 1 aromatic carbocycles. The highest BCUT2D eigenvalue weighted by atomic mass is 16.2. The number of nitrogens with zero attached hydrogens (tertiary/aromatic N) is 2. The molecule has 0 aliphatic heterocycles. The summed E-state index contributed by atoms with van der Waals surface area (Å²) in [6.45, 7) is 0. The molecule has 0 saturated carbocycles. The van der Waals surface area contributed by atoms with E-state index >= 15 is 0 Å². The van der Waals surface area contributed by atoms with Gasteiger partial charge >= 0.3 is 0 Å². The molecule has 26 heavy (non-hydrogen) atoms. The maximum Gasteiger partial charge on any atom is 0.279 e. The van der Waals surface area contributed by atoms with E-state index in [1.807, 2.05) is 0 Å². The van der Waals surface area contributed by atoms with Gasteiger partial charge in [-0.25, -0.2) is 9.97 Å². The predicted octanol–water partition coefficient (Wildman–Crippen LogP) is -3.86. The van der Waals surface area contributed by atoms with Crippen LogP contribution < -0.4 is 43.4 Å². The van der Waals surface area contributed by atoms with E-state index in [2.05, 4.69) is 9.97 Å². The van der Waals surface area contributed by atoms with E-state index < -0.39 is 75.9 Å². The highest BCUT2D eigenvalue weighted by molar-refractivity contribution is 5.85. The zero-order valence-electron chi connectivity index (χ0n) is 12.3. The first-order valence-corrected chi connectivity index (χ1v) is 6.94. The quantitative estimate of drug-likeness (QED) is 0.287. The van der Waals surface area contributed by atoms with E-state index in [1.54, 1.807) is 0 Å². The molecule has 0 unspecified atom stereocenters. The molecule has 2 aliphatic carbocycles. The van der Waals surface area contributed by atoms with Gasteiger partial charge in [-0.2, -0.15) is 0 Å². The van der Waals surface area contributed by atoms with Crippen molar-refractivity contribution in [1.82, 2.24) is 9.97 Å². The lowest BCUT2D eigenvalue weighted by atomic mass is 10.1. The molecule has 0 amide bonds. The molecule has 0 radical (unpaired) electrons. The Labute approximate surface area is 137 Å². The van der Waals surface area contributed by atoms with Gasteiger partial charge in [-0.1, -0.05) is 0 Å². The molecule has 0 saturated heterocycles. The van der Waals surface area contributed by atoms with Crippen LogP contribution in [0.25, 0.3) is 22.1 Å². The first kappa shape index (κ1) is 15.4. The van der Waals surface area contributed by atoms with Gasteiger partial charge in [-0.15, -0.1) is 0 Å². The van der Waals surface area contributed by atoms with Crippen LogP contribution in [0.2, 0.25) is 0 Å². The Kier molecular flexibility index (Phi) is 2.81. The van der Waals surface area contributed by atoms with Crippen LogP contribution in [0.3, 0.4) is 0 Å². The van der Waals surface area contributed by atoms with E-state index in [1.165, 1.54) is 0 Å². The van der Waals surface area contributed by atoms with Crippen molar-refractivity contribution in [2.45, 2.75) is 0 Å². The minimum Gasteiger partial charge on any atom is -0.287 e. The summed E-state index contributed by atoms with van der Waals surface area (Å²) in [6.07, 6.45) is 0.